The lowest BCUT2D eigenvalue weighted by atomic mass is 10.1. The van der Waals surface area contributed by atoms with Gasteiger partial charge < -0.3 is 9.15 Å². The molecule has 8 heteroatoms. The molecule has 0 saturated heterocycles. The van der Waals surface area contributed by atoms with Crippen LogP contribution >= 0.6 is 38.6 Å². The number of halogens is 1. The third kappa shape index (κ3) is 3.48. The maximum absolute atomic E-state index is 12.3. The molecule has 0 amide bonds. The first-order chi connectivity index (χ1) is 12.6. The summed E-state index contributed by atoms with van der Waals surface area (Å²) in [5, 5.41) is 7.09. The molecule has 0 N–H and O–H groups in total. The second-order valence-corrected chi connectivity index (χ2v) is 7.91. The zero-order valence-corrected chi connectivity index (χ0v) is 16.3. The number of hydrogen-bond donors (Lipinski definition) is 0. The predicted molar refractivity (Wildman–Crippen MR) is 105 cm³/mol. The molecule has 0 bridgehead atoms. The first-order valence-electron chi connectivity index (χ1n) is 7.48. The van der Waals surface area contributed by atoms with E-state index in [1.54, 1.807) is 22.8 Å². The van der Waals surface area contributed by atoms with Gasteiger partial charge in [0.2, 0.25) is 0 Å². The Hall–Kier alpha value is -2.29. The zero-order chi connectivity index (χ0) is 18.1. The Kier molecular flexibility index (Phi) is 4.71. The molecule has 3 aromatic heterocycles. The van der Waals surface area contributed by atoms with Gasteiger partial charge in [0, 0.05) is 37.8 Å². The molecule has 4 aromatic rings. The summed E-state index contributed by atoms with van der Waals surface area (Å²) in [4.78, 5) is 28.3. The van der Waals surface area contributed by atoms with Crippen LogP contribution in [-0.4, -0.2) is 11.0 Å². The number of ether oxygens (including phenoxy) is 1. The van der Waals surface area contributed by atoms with Gasteiger partial charge in [-0.3, -0.25) is 0 Å². The van der Waals surface area contributed by atoms with Crippen LogP contribution in [0.5, 0.6) is 0 Å². The van der Waals surface area contributed by atoms with Crippen molar-refractivity contribution in [3.8, 4) is 10.6 Å². The second-order valence-electron chi connectivity index (χ2n) is 5.36. The number of fused-ring (bicyclic) bond motifs is 1. The molecule has 0 aliphatic heterocycles. The van der Waals surface area contributed by atoms with Crippen LogP contribution in [0.25, 0.3) is 21.5 Å². The molecule has 3 heterocycles. The number of thiophene rings is 1. The first kappa shape index (κ1) is 17.1. The number of thiazole rings is 1. The van der Waals surface area contributed by atoms with Crippen molar-refractivity contribution in [1.29, 1.82) is 0 Å². The minimum atomic E-state index is -0.527. The second kappa shape index (κ2) is 7.14. The van der Waals surface area contributed by atoms with E-state index >= 15 is 0 Å². The van der Waals surface area contributed by atoms with Crippen molar-refractivity contribution in [3.05, 3.63) is 72.6 Å². The molecule has 0 aliphatic carbocycles. The quantitative estimate of drug-likeness (QED) is 0.321. The number of nitrogens with zero attached hydrogens (tertiary/aromatic N) is 1. The molecular weight excluding hydrogens is 438 g/mol. The van der Waals surface area contributed by atoms with Crippen molar-refractivity contribution in [3.63, 3.8) is 0 Å². The van der Waals surface area contributed by atoms with Crippen molar-refractivity contribution in [2.75, 3.05) is 0 Å². The van der Waals surface area contributed by atoms with E-state index in [2.05, 4.69) is 20.9 Å². The lowest BCUT2D eigenvalue weighted by molar-refractivity contribution is 0.0468. The Morgan fingerprint density at radius 3 is 2.92 bits per heavy atom. The fourth-order valence-corrected chi connectivity index (χ4v) is 4.27. The topological polar surface area (TPSA) is 69.4 Å². The number of benzene rings is 1. The van der Waals surface area contributed by atoms with Gasteiger partial charge >= 0.3 is 11.6 Å². The Morgan fingerprint density at radius 2 is 2.12 bits per heavy atom. The molecule has 0 spiro atoms. The van der Waals surface area contributed by atoms with Gasteiger partial charge in [-0.2, -0.15) is 11.3 Å². The average molecular weight is 448 g/mol. The predicted octanol–water partition coefficient (Wildman–Crippen LogP) is 5.10. The molecule has 0 saturated carbocycles. The molecule has 1 aromatic carbocycles. The standard InChI is InChI=1S/C18H10BrNO4S2/c19-12-1-2-13-11(5-16(21)24-15(13)6-12)7-23-18(22)14-9-26-17(20-14)10-3-4-25-8-10/h1-6,8-9H,7H2. The van der Waals surface area contributed by atoms with Crippen LogP contribution in [0.15, 0.2) is 60.2 Å². The highest BCUT2D eigenvalue weighted by molar-refractivity contribution is 9.10. The van der Waals surface area contributed by atoms with Crippen LogP contribution < -0.4 is 5.63 Å². The summed E-state index contributed by atoms with van der Waals surface area (Å²) in [6, 6.07) is 8.63. The van der Waals surface area contributed by atoms with Gasteiger partial charge in [0.1, 0.15) is 17.2 Å². The molecule has 26 heavy (non-hydrogen) atoms. The van der Waals surface area contributed by atoms with Gasteiger partial charge in [0.15, 0.2) is 5.69 Å². The number of hydrogen-bond acceptors (Lipinski definition) is 7. The van der Waals surface area contributed by atoms with Gasteiger partial charge in [0.05, 0.1) is 0 Å². The van der Waals surface area contributed by atoms with Crippen molar-refractivity contribution in [2.24, 2.45) is 0 Å². The van der Waals surface area contributed by atoms with E-state index in [1.165, 1.54) is 17.4 Å². The van der Waals surface area contributed by atoms with Crippen molar-refractivity contribution >= 4 is 55.5 Å². The van der Waals surface area contributed by atoms with E-state index in [4.69, 9.17) is 9.15 Å². The maximum Gasteiger partial charge on any atom is 0.358 e. The molecule has 0 atom stereocenters. The Morgan fingerprint density at radius 1 is 1.23 bits per heavy atom. The Balaban J connectivity index is 1.55. The van der Waals surface area contributed by atoms with E-state index in [9.17, 15) is 9.59 Å². The highest BCUT2D eigenvalue weighted by Crippen LogP contribution is 2.26. The van der Waals surface area contributed by atoms with E-state index < -0.39 is 11.6 Å². The molecular formula is C18H10BrNO4S2. The normalized spacial score (nSPS) is 11.0. The van der Waals surface area contributed by atoms with Crippen LogP contribution in [0.2, 0.25) is 0 Å². The van der Waals surface area contributed by atoms with E-state index in [1.807, 2.05) is 29.0 Å². The molecule has 0 radical (unpaired) electrons. The molecule has 5 nitrogen and oxygen atoms in total. The first-order valence-corrected chi connectivity index (χ1v) is 10.1. The summed E-state index contributed by atoms with van der Waals surface area (Å²) in [5.74, 6) is -0.527. The van der Waals surface area contributed by atoms with Crippen LogP contribution in [0, 0.1) is 0 Å². The van der Waals surface area contributed by atoms with E-state index in [0.717, 1.165) is 20.4 Å². The molecule has 0 fully saturated rings. The lowest BCUT2D eigenvalue weighted by Crippen LogP contribution is -2.08. The van der Waals surface area contributed by atoms with Crippen LogP contribution in [0.4, 0.5) is 0 Å². The van der Waals surface area contributed by atoms with Crippen molar-refractivity contribution in [1.82, 2.24) is 4.98 Å². The van der Waals surface area contributed by atoms with E-state index in [-0.39, 0.29) is 12.3 Å². The minimum absolute atomic E-state index is 0.0339. The smallest absolute Gasteiger partial charge is 0.358 e. The van der Waals surface area contributed by atoms with Crippen LogP contribution in [0.3, 0.4) is 0 Å². The van der Waals surface area contributed by atoms with Gasteiger partial charge in [0.25, 0.3) is 0 Å². The number of carbonyl (C=O) groups excluding carboxylic acids is 1. The largest absolute Gasteiger partial charge is 0.456 e. The molecule has 0 aliphatic rings. The number of esters is 1. The fourth-order valence-electron chi connectivity index (χ4n) is 2.43. The third-order valence-electron chi connectivity index (χ3n) is 3.63. The fraction of sp³-hybridized carbons (Fsp3) is 0.0556. The number of carbonyl (C=O) groups is 1. The summed E-state index contributed by atoms with van der Waals surface area (Å²) in [6.45, 7) is -0.0339. The summed E-state index contributed by atoms with van der Waals surface area (Å²) in [5.41, 5.74) is 1.77. The summed E-state index contributed by atoms with van der Waals surface area (Å²) in [7, 11) is 0. The monoisotopic (exact) mass is 447 g/mol. The van der Waals surface area contributed by atoms with Crippen LogP contribution in [-0.2, 0) is 11.3 Å². The van der Waals surface area contributed by atoms with Crippen LogP contribution in [0.1, 0.15) is 16.1 Å². The number of aromatic nitrogens is 1. The molecule has 4 rings (SSSR count). The lowest BCUT2D eigenvalue weighted by Gasteiger charge is -2.06. The molecule has 0 unspecified atom stereocenters. The SMILES string of the molecule is O=C(OCc1cc(=O)oc2cc(Br)ccc12)c1csc(-c2ccsc2)n1. The average Bonchev–Trinajstić information content (AvgIpc) is 3.29. The third-order valence-corrected chi connectivity index (χ3v) is 5.70. The van der Waals surface area contributed by atoms with Gasteiger partial charge in [-0.1, -0.05) is 15.9 Å². The van der Waals surface area contributed by atoms with Crippen molar-refractivity contribution in [2.45, 2.75) is 6.61 Å². The summed E-state index contributed by atoms with van der Waals surface area (Å²) in [6.07, 6.45) is 0. The Bertz CT molecular complexity index is 1150. The van der Waals surface area contributed by atoms with Gasteiger partial charge in [-0.25, -0.2) is 14.6 Å². The Labute approximate surface area is 164 Å². The number of rotatable bonds is 4. The minimum Gasteiger partial charge on any atom is -0.456 e. The van der Waals surface area contributed by atoms with E-state index in [0.29, 0.717) is 11.1 Å². The highest BCUT2D eigenvalue weighted by atomic mass is 79.9. The van der Waals surface area contributed by atoms with Crippen molar-refractivity contribution < 1.29 is 13.9 Å². The van der Waals surface area contributed by atoms with Gasteiger partial charge in [-0.05, 0) is 29.6 Å². The highest BCUT2D eigenvalue weighted by Gasteiger charge is 2.15. The maximum atomic E-state index is 12.3. The zero-order valence-electron chi connectivity index (χ0n) is 13.1. The summed E-state index contributed by atoms with van der Waals surface area (Å²) >= 11 is 6.30. The van der Waals surface area contributed by atoms with Gasteiger partial charge in [-0.15, -0.1) is 11.3 Å². The molecule has 130 valence electrons. The summed E-state index contributed by atoms with van der Waals surface area (Å²) < 4.78 is 11.3.